The predicted octanol–water partition coefficient (Wildman–Crippen LogP) is 0.242. The molecule has 0 fully saturated rings. The summed E-state index contributed by atoms with van der Waals surface area (Å²) in [4.78, 5) is 11.8. The first-order valence-electron chi connectivity index (χ1n) is 6.15. The van der Waals surface area contributed by atoms with Crippen LogP contribution in [0.2, 0.25) is 0 Å². The van der Waals surface area contributed by atoms with Gasteiger partial charge in [-0.1, -0.05) is 12.1 Å². The van der Waals surface area contributed by atoms with Gasteiger partial charge in [0, 0.05) is 27.7 Å². The number of nitrogens with one attached hydrogen (secondary N) is 1. The summed E-state index contributed by atoms with van der Waals surface area (Å²) in [6.07, 6.45) is 0.214. The summed E-state index contributed by atoms with van der Waals surface area (Å²) in [5, 5.41) is 2.70. The van der Waals surface area contributed by atoms with Gasteiger partial charge < -0.3 is 10.1 Å². The third-order valence-corrected chi connectivity index (χ3v) is 4.52. The van der Waals surface area contributed by atoms with E-state index in [-0.39, 0.29) is 17.2 Å². The minimum absolute atomic E-state index is 0.120. The van der Waals surface area contributed by atoms with Crippen LogP contribution in [0.15, 0.2) is 29.2 Å². The van der Waals surface area contributed by atoms with Crippen LogP contribution >= 0.6 is 0 Å². The van der Waals surface area contributed by atoms with Gasteiger partial charge in [-0.3, -0.25) is 4.79 Å². The number of rotatable bonds is 7. The molecule has 112 valence electrons. The lowest BCUT2D eigenvalue weighted by Crippen LogP contribution is -2.28. The summed E-state index contributed by atoms with van der Waals surface area (Å²) in [5.74, 6) is -0.120. The van der Waals surface area contributed by atoms with E-state index in [4.69, 9.17) is 4.74 Å². The van der Waals surface area contributed by atoms with Crippen LogP contribution < -0.4 is 5.32 Å². The molecule has 6 nitrogen and oxygen atoms in total. The molecule has 20 heavy (non-hydrogen) atoms. The van der Waals surface area contributed by atoms with Crippen molar-refractivity contribution >= 4 is 15.9 Å². The van der Waals surface area contributed by atoms with Gasteiger partial charge >= 0.3 is 0 Å². The van der Waals surface area contributed by atoms with E-state index in [2.05, 4.69) is 5.32 Å². The first kappa shape index (κ1) is 16.6. The van der Waals surface area contributed by atoms with Gasteiger partial charge in [0.05, 0.1) is 17.9 Å². The van der Waals surface area contributed by atoms with Gasteiger partial charge in [0.2, 0.25) is 15.9 Å². The molecule has 0 atom stereocenters. The maximum absolute atomic E-state index is 11.9. The highest BCUT2D eigenvalue weighted by Crippen LogP contribution is 2.14. The number of benzene rings is 1. The molecule has 0 aliphatic carbocycles. The van der Waals surface area contributed by atoms with Crippen molar-refractivity contribution in [2.24, 2.45) is 0 Å². The molecule has 0 aliphatic rings. The Labute approximate surface area is 119 Å². The molecule has 0 radical (unpaired) electrons. The van der Waals surface area contributed by atoms with Crippen molar-refractivity contribution in [3.05, 3.63) is 29.8 Å². The molecule has 0 spiro atoms. The van der Waals surface area contributed by atoms with E-state index in [0.717, 1.165) is 9.87 Å². The number of hydrogen-bond donors (Lipinski definition) is 1. The lowest BCUT2D eigenvalue weighted by atomic mass is 10.1. The zero-order chi connectivity index (χ0) is 15.2. The van der Waals surface area contributed by atoms with Crippen molar-refractivity contribution < 1.29 is 17.9 Å². The van der Waals surface area contributed by atoms with E-state index in [9.17, 15) is 13.2 Å². The Morgan fingerprint density at radius 1 is 1.25 bits per heavy atom. The van der Waals surface area contributed by atoms with Crippen molar-refractivity contribution in [3.63, 3.8) is 0 Å². The largest absolute Gasteiger partial charge is 0.383 e. The van der Waals surface area contributed by atoms with Crippen LogP contribution in [0.1, 0.15) is 5.56 Å². The molecule has 0 heterocycles. The average Bonchev–Trinajstić information content (AvgIpc) is 2.39. The first-order chi connectivity index (χ1) is 9.37. The number of amides is 1. The molecule has 7 heteroatoms. The third-order valence-electron chi connectivity index (χ3n) is 2.69. The topological polar surface area (TPSA) is 75.7 Å². The number of carbonyl (C=O) groups excluding carboxylic acids is 1. The Morgan fingerprint density at radius 2 is 1.85 bits per heavy atom. The Hall–Kier alpha value is -1.44. The predicted molar refractivity (Wildman–Crippen MR) is 75.9 cm³/mol. The number of carbonyl (C=O) groups is 1. The summed E-state index contributed by atoms with van der Waals surface area (Å²) in [6.45, 7) is 0.925. The molecule has 0 bridgehead atoms. The molecule has 1 N–H and O–H groups in total. The number of ether oxygens (including phenoxy) is 1. The fourth-order valence-corrected chi connectivity index (χ4v) is 2.43. The second-order valence-electron chi connectivity index (χ2n) is 4.45. The number of hydrogen-bond acceptors (Lipinski definition) is 4. The Bertz CT molecular complexity index is 538. The van der Waals surface area contributed by atoms with Gasteiger partial charge in [0.25, 0.3) is 0 Å². The quantitative estimate of drug-likeness (QED) is 0.732. The SMILES string of the molecule is COCCNC(=O)Cc1ccc(S(=O)(=O)N(C)C)cc1. The zero-order valence-electron chi connectivity index (χ0n) is 11.9. The molecule has 0 unspecified atom stereocenters. The summed E-state index contributed by atoms with van der Waals surface area (Å²) in [5.41, 5.74) is 0.762. The highest BCUT2D eigenvalue weighted by atomic mass is 32.2. The smallest absolute Gasteiger partial charge is 0.242 e. The standard InChI is InChI=1S/C13H20N2O4S/c1-15(2)20(17,18)12-6-4-11(5-7-12)10-13(16)14-8-9-19-3/h4-7H,8-10H2,1-3H3,(H,14,16). The van der Waals surface area contributed by atoms with E-state index >= 15 is 0 Å². The van der Waals surface area contributed by atoms with Crippen molar-refractivity contribution in [2.75, 3.05) is 34.4 Å². The van der Waals surface area contributed by atoms with Crippen molar-refractivity contribution in [3.8, 4) is 0 Å². The molecule has 0 saturated carbocycles. The molecule has 1 aromatic carbocycles. The van der Waals surface area contributed by atoms with Crippen LogP contribution in [0.25, 0.3) is 0 Å². The minimum atomic E-state index is -3.42. The summed E-state index contributed by atoms with van der Waals surface area (Å²) in [7, 11) is 1.10. The molecule has 1 amide bonds. The zero-order valence-corrected chi connectivity index (χ0v) is 12.7. The second-order valence-corrected chi connectivity index (χ2v) is 6.60. The van der Waals surface area contributed by atoms with Crippen LogP contribution in [0.5, 0.6) is 0 Å². The highest BCUT2D eigenvalue weighted by Gasteiger charge is 2.16. The molecular weight excluding hydrogens is 280 g/mol. The second kappa shape index (κ2) is 7.37. The molecule has 0 saturated heterocycles. The van der Waals surface area contributed by atoms with Gasteiger partial charge in [-0.05, 0) is 17.7 Å². The average molecular weight is 300 g/mol. The molecule has 0 aliphatic heterocycles. The Kier molecular flexibility index (Phi) is 6.12. The Morgan fingerprint density at radius 3 is 2.35 bits per heavy atom. The molecular formula is C13H20N2O4S. The fourth-order valence-electron chi connectivity index (χ4n) is 1.53. The van der Waals surface area contributed by atoms with Crippen molar-refractivity contribution in [2.45, 2.75) is 11.3 Å². The maximum atomic E-state index is 11.9. The van der Waals surface area contributed by atoms with E-state index in [1.807, 2.05) is 0 Å². The number of nitrogens with zero attached hydrogens (tertiary/aromatic N) is 1. The fraction of sp³-hybridized carbons (Fsp3) is 0.462. The maximum Gasteiger partial charge on any atom is 0.242 e. The minimum Gasteiger partial charge on any atom is -0.383 e. The van der Waals surface area contributed by atoms with E-state index < -0.39 is 10.0 Å². The number of methoxy groups -OCH3 is 1. The van der Waals surface area contributed by atoms with Gasteiger partial charge in [-0.15, -0.1) is 0 Å². The Balaban J connectivity index is 2.66. The summed E-state index contributed by atoms with van der Waals surface area (Å²) >= 11 is 0. The van der Waals surface area contributed by atoms with Crippen LogP contribution in [-0.4, -0.2) is 53.0 Å². The van der Waals surface area contributed by atoms with Gasteiger partial charge in [0.15, 0.2) is 0 Å². The lowest BCUT2D eigenvalue weighted by molar-refractivity contribution is -0.120. The molecule has 1 rings (SSSR count). The number of sulfonamides is 1. The first-order valence-corrected chi connectivity index (χ1v) is 7.59. The highest BCUT2D eigenvalue weighted by molar-refractivity contribution is 7.89. The van der Waals surface area contributed by atoms with Crippen LogP contribution in [0, 0.1) is 0 Å². The van der Waals surface area contributed by atoms with Crippen LogP contribution in [0.3, 0.4) is 0 Å². The normalized spacial score (nSPS) is 11.6. The van der Waals surface area contributed by atoms with Gasteiger partial charge in [-0.25, -0.2) is 12.7 Å². The van der Waals surface area contributed by atoms with Crippen LogP contribution in [0.4, 0.5) is 0 Å². The van der Waals surface area contributed by atoms with Crippen molar-refractivity contribution in [1.82, 2.24) is 9.62 Å². The summed E-state index contributed by atoms with van der Waals surface area (Å²) in [6, 6.07) is 6.30. The van der Waals surface area contributed by atoms with E-state index in [1.165, 1.54) is 26.2 Å². The lowest BCUT2D eigenvalue weighted by Gasteiger charge is -2.11. The summed E-state index contributed by atoms with van der Waals surface area (Å²) < 4.78 is 29.7. The van der Waals surface area contributed by atoms with Crippen LogP contribution in [-0.2, 0) is 26.0 Å². The van der Waals surface area contributed by atoms with Crippen molar-refractivity contribution in [1.29, 1.82) is 0 Å². The molecule has 1 aromatic rings. The van der Waals surface area contributed by atoms with E-state index in [0.29, 0.717) is 13.2 Å². The van der Waals surface area contributed by atoms with Gasteiger partial charge in [0.1, 0.15) is 0 Å². The third kappa shape index (κ3) is 4.59. The van der Waals surface area contributed by atoms with E-state index in [1.54, 1.807) is 19.2 Å². The monoisotopic (exact) mass is 300 g/mol. The molecule has 0 aromatic heterocycles. The van der Waals surface area contributed by atoms with Gasteiger partial charge in [-0.2, -0.15) is 0 Å².